The zero-order chi connectivity index (χ0) is 19.9. The molecule has 4 heteroatoms. The van der Waals surface area contributed by atoms with E-state index in [1.807, 2.05) is 37.3 Å². The molecule has 3 rings (SSSR count). The molecule has 28 heavy (non-hydrogen) atoms. The van der Waals surface area contributed by atoms with Gasteiger partial charge in [-0.25, -0.2) is 0 Å². The van der Waals surface area contributed by atoms with Crippen molar-refractivity contribution in [2.45, 2.75) is 45.3 Å². The number of nitrogens with one attached hydrogen (secondary N) is 1. The molecular weight excluding hydrogens is 348 g/mol. The third kappa shape index (κ3) is 5.43. The molecule has 1 amide bonds. The number of carbonyl (C=O) groups is 1. The molecule has 1 aliphatic heterocycles. The van der Waals surface area contributed by atoms with E-state index in [1.54, 1.807) is 0 Å². The fourth-order valence-electron chi connectivity index (χ4n) is 3.96. The van der Waals surface area contributed by atoms with Crippen molar-refractivity contribution in [3.8, 4) is 0 Å². The summed E-state index contributed by atoms with van der Waals surface area (Å²) in [5, 5.41) is 13.7. The van der Waals surface area contributed by atoms with Crippen molar-refractivity contribution >= 4 is 5.91 Å². The van der Waals surface area contributed by atoms with E-state index >= 15 is 0 Å². The van der Waals surface area contributed by atoms with Gasteiger partial charge in [0, 0.05) is 0 Å². The molecule has 2 aromatic rings. The predicted molar refractivity (Wildman–Crippen MR) is 113 cm³/mol. The van der Waals surface area contributed by atoms with E-state index in [1.165, 1.54) is 5.56 Å². The molecule has 1 aliphatic rings. The van der Waals surface area contributed by atoms with Crippen LogP contribution in [0, 0.1) is 5.92 Å². The SMILES string of the molecule is CCc1ccc(C(C)NC(=O)CN2CCC(C(O)c3ccccc3)CC2)cc1. The molecule has 4 nitrogen and oxygen atoms in total. The Morgan fingerprint density at radius 2 is 1.71 bits per heavy atom. The Labute approximate surface area is 168 Å². The lowest BCUT2D eigenvalue weighted by molar-refractivity contribution is -0.123. The average molecular weight is 381 g/mol. The first kappa shape index (κ1) is 20.6. The Kier molecular flexibility index (Phi) is 7.24. The Bertz CT molecular complexity index is 737. The van der Waals surface area contributed by atoms with Crippen LogP contribution in [0.5, 0.6) is 0 Å². The minimum Gasteiger partial charge on any atom is -0.388 e. The molecule has 0 aliphatic carbocycles. The van der Waals surface area contributed by atoms with E-state index in [-0.39, 0.29) is 17.9 Å². The summed E-state index contributed by atoms with van der Waals surface area (Å²) in [5.74, 6) is 0.326. The maximum absolute atomic E-state index is 12.5. The van der Waals surface area contributed by atoms with Gasteiger partial charge in [-0.05, 0) is 61.9 Å². The largest absolute Gasteiger partial charge is 0.388 e. The van der Waals surface area contributed by atoms with Gasteiger partial charge in [0.2, 0.25) is 5.91 Å². The Hall–Kier alpha value is -2.17. The first-order valence-electron chi connectivity index (χ1n) is 10.4. The highest BCUT2D eigenvalue weighted by molar-refractivity contribution is 5.78. The molecule has 0 aromatic heterocycles. The zero-order valence-electron chi connectivity index (χ0n) is 17.0. The van der Waals surface area contributed by atoms with Gasteiger partial charge in [0.25, 0.3) is 0 Å². The number of nitrogens with zero attached hydrogens (tertiary/aromatic N) is 1. The maximum Gasteiger partial charge on any atom is 0.234 e. The van der Waals surface area contributed by atoms with Gasteiger partial charge in [-0.15, -0.1) is 0 Å². The summed E-state index contributed by atoms with van der Waals surface area (Å²) >= 11 is 0. The number of aliphatic hydroxyl groups is 1. The molecule has 2 unspecified atom stereocenters. The van der Waals surface area contributed by atoms with Crippen molar-refractivity contribution in [1.82, 2.24) is 10.2 Å². The quantitative estimate of drug-likeness (QED) is 0.767. The normalized spacial score (nSPS) is 17.8. The lowest BCUT2D eigenvalue weighted by atomic mass is 9.87. The van der Waals surface area contributed by atoms with Gasteiger partial charge in [-0.2, -0.15) is 0 Å². The summed E-state index contributed by atoms with van der Waals surface area (Å²) in [5.41, 5.74) is 3.43. The lowest BCUT2D eigenvalue weighted by Crippen LogP contribution is -2.42. The second-order valence-corrected chi connectivity index (χ2v) is 7.85. The molecule has 1 saturated heterocycles. The number of aliphatic hydroxyl groups excluding tert-OH is 1. The predicted octanol–water partition coefficient (Wildman–Crippen LogP) is 3.87. The van der Waals surface area contributed by atoms with Gasteiger partial charge in [0.1, 0.15) is 0 Å². The van der Waals surface area contributed by atoms with E-state index in [4.69, 9.17) is 0 Å². The molecule has 1 fully saturated rings. The molecule has 150 valence electrons. The van der Waals surface area contributed by atoms with Crippen molar-refractivity contribution in [2.24, 2.45) is 5.92 Å². The third-order valence-electron chi connectivity index (χ3n) is 5.85. The van der Waals surface area contributed by atoms with E-state index in [9.17, 15) is 9.90 Å². The average Bonchev–Trinajstić information content (AvgIpc) is 2.74. The summed E-state index contributed by atoms with van der Waals surface area (Å²) in [6.07, 6.45) is 2.44. The van der Waals surface area contributed by atoms with Crippen LogP contribution in [0.2, 0.25) is 0 Å². The standard InChI is InChI=1S/C24H32N2O2/c1-3-19-9-11-20(12-10-19)18(2)25-23(27)17-26-15-13-22(14-16-26)24(28)21-7-5-4-6-8-21/h4-12,18,22,24,28H,3,13-17H2,1-2H3,(H,25,27). The maximum atomic E-state index is 12.5. The summed E-state index contributed by atoms with van der Waals surface area (Å²) in [4.78, 5) is 14.6. The number of likely N-dealkylation sites (tertiary alicyclic amines) is 1. The van der Waals surface area contributed by atoms with E-state index in [0.29, 0.717) is 6.54 Å². The van der Waals surface area contributed by atoms with Gasteiger partial charge < -0.3 is 10.4 Å². The summed E-state index contributed by atoms with van der Waals surface area (Å²) in [7, 11) is 0. The summed E-state index contributed by atoms with van der Waals surface area (Å²) in [6.45, 7) is 6.29. The summed E-state index contributed by atoms with van der Waals surface area (Å²) < 4.78 is 0. The van der Waals surface area contributed by atoms with Crippen LogP contribution in [0.15, 0.2) is 54.6 Å². The molecule has 2 atom stereocenters. The monoisotopic (exact) mass is 380 g/mol. The van der Waals surface area contributed by atoms with Crippen molar-refractivity contribution in [3.05, 3.63) is 71.3 Å². The minimum absolute atomic E-state index is 0.0100. The Morgan fingerprint density at radius 1 is 1.07 bits per heavy atom. The van der Waals surface area contributed by atoms with Gasteiger partial charge in [0.05, 0.1) is 18.7 Å². The number of hydrogen-bond donors (Lipinski definition) is 2. The molecule has 1 heterocycles. The van der Waals surface area contributed by atoms with Gasteiger partial charge in [0.15, 0.2) is 0 Å². The highest BCUT2D eigenvalue weighted by atomic mass is 16.3. The minimum atomic E-state index is -0.414. The lowest BCUT2D eigenvalue weighted by Gasteiger charge is -2.34. The Balaban J connectivity index is 1.44. The van der Waals surface area contributed by atoms with Crippen molar-refractivity contribution in [2.75, 3.05) is 19.6 Å². The van der Waals surface area contributed by atoms with E-state index in [0.717, 1.165) is 43.5 Å². The number of rotatable bonds is 7. The van der Waals surface area contributed by atoms with E-state index < -0.39 is 6.10 Å². The number of piperidine rings is 1. The van der Waals surface area contributed by atoms with Crippen LogP contribution in [0.3, 0.4) is 0 Å². The van der Waals surface area contributed by atoms with Crippen molar-refractivity contribution in [1.29, 1.82) is 0 Å². The van der Waals surface area contributed by atoms with Crippen molar-refractivity contribution < 1.29 is 9.90 Å². The smallest absolute Gasteiger partial charge is 0.234 e. The van der Waals surface area contributed by atoms with Gasteiger partial charge in [-0.1, -0.05) is 61.5 Å². The third-order valence-corrected chi connectivity index (χ3v) is 5.85. The van der Waals surface area contributed by atoms with Gasteiger partial charge >= 0.3 is 0 Å². The molecule has 0 spiro atoms. The summed E-state index contributed by atoms with van der Waals surface area (Å²) in [6, 6.07) is 18.3. The van der Waals surface area contributed by atoms with E-state index in [2.05, 4.69) is 41.4 Å². The number of amides is 1. The number of aryl methyl sites for hydroxylation is 1. The van der Waals surface area contributed by atoms with Crippen molar-refractivity contribution in [3.63, 3.8) is 0 Å². The molecule has 2 N–H and O–H groups in total. The second-order valence-electron chi connectivity index (χ2n) is 7.85. The van der Waals surface area contributed by atoms with Crippen LogP contribution in [0.1, 0.15) is 55.5 Å². The molecular formula is C24H32N2O2. The first-order valence-corrected chi connectivity index (χ1v) is 10.4. The van der Waals surface area contributed by atoms with Crippen LogP contribution in [-0.2, 0) is 11.2 Å². The molecule has 0 bridgehead atoms. The zero-order valence-corrected chi connectivity index (χ0v) is 17.0. The highest BCUT2D eigenvalue weighted by Crippen LogP contribution is 2.30. The van der Waals surface area contributed by atoms with Crippen LogP contribution < -0.4 is 5.32 Å². The van der Waals surface area contributed by atoms with Gasteiger partial charge in [-0.3, -0.25) is 9.69 Å². The highest BCUT2D eigenvalue weighted by Gasteiger charge is 2.27. The number of carbonyl (C=O) groups excluding carboxylic acids is 1. The van der Waals surface area contributed by atoms with Crippen LogP contribution in [0.4, 0.5) is 0 Å². The number of benzene rings is 2. The fraction of sp³-hybridized carbons (Fsp3) is 0.458. The van der Waals surface area contributed by atoms with Crippen LogP contribution in [-0.4, -0.2) is 35.5 Å². The molecule has 0 radical (unpaired) electrons. The second kappa shape index (κ2) is 9.85. The van der Waals surface area contributed by atoms with Crippen LogP contribution >= 0.6 is 0 Å². The fourth-order valence-corrected chi connectivity index (χ4v) is 3.96. The first-order chi connectivity index (χ1) is 13.6. The topological polar surface area (TPSA) is 52.6 Å². The Morgan fingerprint density at radius 3 is 2.32 bits per heavy atom. The molecule has 0 saturated carbocycles. The van der Waals surface area contributed by atoms with Crippen LogP contribution in [0.25, 0.3) is 0 Å². The molecule has 2 aromatic carbocycles. The number of hydrogen-bond acceptors (Lipinski definition) is 3.